The van der Waals surface area contributed by atoms with Crippen LogP contribution in [0.4, 0.5) is 5.82 Å². The molecule has 1 saturated heterocycles. The summed E-state index contributed by atoms with van der Waals surface area (Å²) in [7, 11) is 1.85. The number of fused-ring (bicyclic) bond motifs is 1. The van der Waals surface area contributed by atoms with Gasteiger partial charge in [-0.1, -0.05) is 26.8 Å². The molecule has 0 radical (unpaired) electrons. The first-order chi connectivity index (χ1) is 15.6. The number of hydrogen-bond donors (Lipinski definition) is 0. The Balaban J connectivity index is 1.68. The van der Waals surface area contributed by atoms with Crippen LogP contribution in [0.15, 0.2) is 17.5 Å². The van der Waals surface area contributed by atoms with E-state index in [9.17, 15) is 14.4 Å². The van der Waals surface area contributed by atoms with E-state index in [1.54, 1.807) is 49.4 Å². The molecular formula is C23H31N5O3S2. The van der Waals surface area contributed by atoms with Crippen molar-refractivity contribution in [3.05, 3.63) is 33.6 Å². The second kappa shape index (κ2) is 9.13. The molecule has 0 bridgehead atoms. The molecule has 2 aromatic rings. The fourth-order valence-electron chi connectivity index (χ4n) is 4.41. The maximum atomic E-state index is 13.3. The monoisotopic (exact) mass is 489 g/mol. The van der Waals surface area contributed by atoms with Crippen LogP contribution < -0.4 is 4.90 Å². The van der Waals surface area contributed by atoms with E-state index in [1.165, 1.54) is 4.88 Å². The van der Waals surface area contributed by atoms with E-state index in [-0.39, 0.29) is 34.9 Å². The summed E-state index contributed by atoms with van der Waals surface area (Å²) >= 11 is 3.28. The van der Waals surface area contributed by atoms with Gasteiger partial charge < -0.3 is 9.80 Å². The Kier molecular flexibility index (Phi) is 6.59. The van der Waals surface area contributed by atoms with Gasteiger partial charge in [0.2, 0.25) is 17.7 Å². The first kappa shape index (κ1) is 23.8. The number of thiophene rings is 1. The van der Waals surface area contributed by atoms with Crippen molar-refractivity contribution in [3.8, 4) is 0 Å². The minimum absolute atomic E-state index is 0.00825. The molecule has 2 aliphatic heterocycles. The Morgan fingerprint density at radius 1 is 1.15 bits per heavy atom. The summed E-state index contributed by atoms with van der Waals surface area (Å²) in [6.45, 7) is 9.93. The van der Waals surface area contributed by atoms with Crippen molar-refractivity contribution >= 4 is 46.6 Å². The maximum absolute atomic E-state index is 13.3. The van der Waals surface area contributed by atoms with E-state index in [0.717, 1.165) is 11.3 Å². The summed E-state index contributed by atoms with van der Waals surface area (Å²) in [4.78, 5) is 44.5. The maximum Gasteiger partial charge on any atom is 0.242 e. The van der Waals surface area contributed by atoms with Crippen LogP contribution in [0.3, 0.4) is 0 Å². The van der Waals surface area contributed by atoms with Gasteiger partial charge in [-0.05, 0) is 11.4 Å². The van der Waals surface area contributed by atoms with E-state index >= 15 is 0 Å². The molecule has 0 aromatic carbocycles. The Morgan fingerprint density at radius 3 is 2.39 bits per heavy atom. The van der Waals surface area contributed by atoms with Gasteiger partial charge >= 0.3 is 0 Å². The highest BCUT2D eigenvalue weighted by atomic mass is 32.2. The van der Waals surface area contributed by atoms with Crippen molar-refractivity contribution in [1.82, 2.24) is 19.6 Å². The number of thioether (sulfide) groups is 1. The lowest BCUT2D eigenvalue weighted by Crippen LogP contribution is -2.53. The number of carbonyl (C=O) groups excluding carboxylic acids is 3. The fourth-order valence-corrected chi connectivity index (χ4v) is 6.59. The third kappa shape index (κ3) is 4.68. The summed E-state index contributed by atoms with van der Waals surface area (Å²) < 4.78 is 1.77. The zero-order valence-corrected chi connectivity index (χ0v) is 21.5. The van der Waals surface area contributed by atoms with E-state index in [0.29, 0.717) is 37.7 Å². The van der Waals surface area contributed by atoms with Crippen molar-refractivity contribution in [2.45, 2.75) is 38.4 Å². The van der Waals surface area contributed by atoms with Crippen LogP contribution >= 0.6 is 23.1 Å². The smallest absolute Gasteiger partial charge is 0.242 e. The molecule has 1 fully saturated rings. The predicted molar refractivity (Wildman–Crippen MR) is 132 cm³/mol. The van der Waals surface area contributed by atoms with Gasteiger partial charge in [0, 0.05) is 56.0 Å². The van der Waals surface area contributed by atoms with Crippen LogP contribution in [0.25, 0.3) is 0 Å². The van der Waals surface area contributed by atoms with Crippen molar-refractivity contribution < 1.29 is 14.4 Å². The second-order valence-corrected chi connectivity index (χ2v) is 11.6. The zero-order valence-electron chi connectivity index (χ0n) is 19.8. The summed E-state index contributed by atoms with van der Waals surface area (Å²) in [5, 5.41) is 6.89. The average Bonchev–Trinajstić information content (AvgIpc) is 3.37. The Morgan fingerprint density at radius 2 is 1.82 bits per heavy atom. The van der Waals surface area contributed by atoms with Crippen molar-refractivity contribution in [2.75, 3.05) is 43.4 Å². The molecule has 3 amide bonds. The first-order valence-corrected chi connectivity index (χ1v) is 13.1. The molecule has 0 spiro atoms. The van der Waals surface area contributed by atoms with Gasteiger partial charge in [0.05, 0.1) is 16.7 Å². The summed E-state index contributed by atoms with van der Waals surface area (Å²) in [5.41, 5.74) is 1.76. The molecule has 178 valence electrons. The molecule has 0 saturated carbocycles. The normalized spacial score (nSPS) is 19.5. The molecule has 0 aliphatic carbocycles. The topological polar surface area (TPSA) is 78.8 Å². The molecular weight excluding hydrogens is 458 g/mol. The number of anilines is 1. The van der Waals surface area contributed by atoms with Crippen LogP contribution in [0.2, 0.25) is 0 Å². The van der Waals surface area contributed by atoms with Crippen LogP contribution in [0.5, 0.6) is 0 Å². The van der Waals surface area contributed by atoms with Gasteiger partial charge in [-0.25, -0.2) is 0 Å². The van der Waals surface area contributed by atoms with E-state index in [1.807, 2.05) is 13.1 Å². The van der Waals surface area contributed by atoms with Crippen LogP contribution in [0, 0.1) is 0 Å². The van der Waals surface area contributed by atoms with Crippen LogP contribution in [0.1, 0.15) is 49.1 Å². The molecule has 8 nitrogen and oxygen atoms in total. The molecule has 1 atom stereocenters. The van der Waals surface area contributed by atoms with Gasteiger partial charge in [0.25, 0.3) is 0 Å². The SMILES string of the molecule is CC(=O)N1CCN(C(=O)CN2C(=O)CSC(c3cccs3)c3c(C(C)(C)C)nn(C)c32)CC1. The summed E-state index contributed by atoms with van der Waals surface area (Å²) in [6, 6.07) is 4.13. The Hall–Kier alpha value is -2.33. The van der Waals surface area contributed by atoms with E-state index in [4.69, 9.17) is 5.10 Å². The molecule has 2 aliphatic rings. The Labute approximate surface area is 202 Å². The highest BCUT2D eigenvalue weighted by Gasteiger charge is 2.39. The van der Waals surface area contributed by atoms with Crippen molar-refractivity contribution in [1.29, 1.82) is 0 Å². The molecule has 10 heteroatoms. The van der Waals surface area contributed by atoms with Crippen molar-refractivity contribution in [2.24, 2.45) is 7.05 Å². The zero-order chi connectivity index (χ0) is 23.9. The molecule has 2 aromatic heterocycles. The number of aryl methyl sites for hydroxylation is 1. The predicted octanol–water partition coefficient (Wildman–Crippen LogP) is 2.64. The summed E-state index contributed by atoms with van der Waals surface area (Å²) in [5.74, 6) is 0.849. The number of carbonyl (C=O) groups is 3. The highest BCUT2D eigenvalue weighted by Crippen LogP contribution is 2.48. The number of aromatic nitrogens is 2. The van der Waals surface area contributed by atoms with Gasteiger partial charge in [0.1, 0.15) is 12.4 Å². The van der Waals surface area contributed by atoms with Crippen LogP contribution in [-0.4, -0.2) is 75.8 Å². The average molecular weight is 490 g/mol. The third-order valence-electron chi connectivity index (χ3n) is 6.13. The molecule has 4 heterocycles. The van der Waals surface area contributed by atoms with Gasteiger partial charge in [-0.15, -0.1) is 23.1 Å². The second-order valence-electron chi connectivity index (χ2n) is 9.53. The van der Waals surface area contributed by atoms with Gasteiger partial charge in [0.15, 0.2) is 0 Å². The first-order valence-electron chi connectivity index (χ1n) is 11.1. The van der Waals surface area contributed by atoms with Crippen LogP contribution in [-0.2, 0) is 26.8 Å². The fraction of sp³-hybridized carbons (Fsp3) is 0.565. The minimum Gasteiger partial charge on any atom is -0.339 e. The lowest BCUT2D eigenvalue weighted by molar-refractivity contribution is -0.137. The number of nitrogens with zero attached hydrogens (tertiary/aromatic N) is 5. The standard InChI is InChI=1S/C23H31N5O3S2/c1-15(29)26-8-10-27(11-9-26)17(30)13-28-18(31)14-33-20(16-7-6-12-32-16)19-21(23(2,3)4)24-25(5)22(19)28/h6-7,12,20H,8-11,13-14H2,1-5H3. The van der Waals surface area contributed by atoms with E-state index in [2.05, 4.69) is 32.2 Å². The molecule has 0 N–H and O–H groups in total. The lowest BCUT2D eigenvalue weighted by Gasteiger charge is -2.35. The van der Waals surface area contributed by atoms with Gasteiger partial charge in [-0.3, -0.25) is 24.0 Å². The molecule has 4 rings (SSSR count). The number of rotatable bonds is 3. The third-order valence-corrected chi connectivity index (χ3v) is 8.45. The number of amides is 3. The Bertz CT molecular complexity index is 1050. The van der Waals surface area contributed by atoms with Crippen molar-refractivity contribution in [3.63, 3.8) is 0 Å². The number of hydrogen-bond acceptors (Lipinski definition) is 6. The molecule has 33 heavy (non-hydrogen) atoms. The number of piperazine rings is 1. The molecule has 1 unspecified atom stereocenters. The lowest BCUT2D eigenvalue weighted by atomic mass is 9.88. The van der Waals surface area contributed by atoms with Gasteiger partial charge in [-0.2, -0.15) is 5.10 Å². The summed E-state index contributed by atoms with van der Waals surface area (Å²) in [6.07, 6.45) is 0. The highest BCUT2D eigenvalue weighted by molar-refractivity contribution is 8.00. The van der Waals surface area contributed by atoms with E-state index < -0.39 is 0 Å². The quantitative estimate of drug-likeness (QED) is 0.662. The minimum atomic E-state index is -0.215. The largest absolute Gasteiger partial charge is 0.339 e.